The van der Waals surface area contributed by atoms with Crippen molar-refractivity contribution in [1.82, 2.24) is 0 Å². The molecule has 1 atom stereocenters. The predicted octanol–water partition coefficient (Wildman–Crippen LogP) is 2.99. The number of nitrogens with two attached hydrogens (primary N) is 1. The molecule has 3 nitrogen and oxygen atoms in total. The Bertz CT molecular complexity index is 494. The zero-order chi connectivity index (χ0) is 14.8. The summed E-state index contributed by atoms with van der Waals surface area (Å²) in [6.45, 7) is 2.66. The number of esters is 1. The number of alkyl halides is 2. The monoisotopic (exact) mass is 295 g/mol. The number of ether oxygens (including phenoxy) is 1. The van der Waals surface area contributed by atoms with Gasteiger partial charge < -0.3 is 10.5 Å². The zero-order valence-corrected chi connectivity index (χ0v) is 11.1. The minimum absolute atomic E-state index is 0.225. The van der Waals surface area contributed by atoms with Crippen molar-refractivity contribution in [2.45, 2.75) is 25.8 Å². The number of aryl methyl sites for hydroxylation is 1. The van der Waals surface area contributed by atoms with Gasteiger partial charge in [-0.2, -0.15) is 8.78 Å². The maximum atomic E-state index is 13.8. The van der Waals surface area contributed by atoms with Gasteiger partial charge in [-0.05, 0) is 25.5 Å². The lowest BCUT2D eigenvalue weighted by atomic mass is 9.99. The fourth-order valence-corrected chi connectivity index (χ4v) is 1.77. The molecule has 0 heterocycles. The van der Waals surface area contributed by atoms with Crippen LogP contribution in [0.5, 0.6) is 0 Å². The third-order valence-electron chi connectivity index (χ3n) is 2.57. The fourth-order valence-electron chi connectivity index (χ4n) is 1.50. The van der Waals surface area contributed by atoms with Crippen molar-refractivity contribution >= 4 is 17.6 Å². The normalized spacial score (nSPS) is 13.2. The van der Waals surface area contributed by atoms with Crippen LogP contribution >= 0.6 is 11.6 Å². The summed E-state index contributed by atoms with van der Waals surface area (Å²) >= 11 is 5.78. The zero-order valence-electron chi connectivity index (χ0n) is 10.3. The fraction of sp³-hybridized carbons (Fsp3) is 0.417. The molecule has 1 aromatic rings. The van der Waals surface area contributed by atoms with E-state index in [0.29, 0.717) is 5.56 Å². The number of benzene rings is 1. The van der Waals surface area contributed by atoms with Crippen molar-refractivity contribution in [2.75, 3.05) is 6.61 Å². The Balaban J connectivity index is 3.23. The minimum atomic E-state index is -4.06. The number of halogens is 4. The van der Waals surface area contributed by atoms with E-state index >= 15 is 0 Å². The van der Waals surface area contributed by atoms with E-state index in [1.807, 2.05) is 0 Å². The van der Waals surface area contributed by atoms with Crippen molar-refractivity contribution in [3.63, 3.8) is 0 Å². The van der Waals surface area contributed by atoms with E-state index in [9.17, 15) is 18.0 Å². The van der Waals surface area contributed by atoms with Gasteiger partial charge in [-0.25, -0.2) is 9.18 Å². The van der Waals surface area contributed by atoms with Gasteiger partial charge in [0, 0.05) is 5.56 Å². The van der Waals surface area contributed by atoms with Crippen LogP contribution in [0.25, 0.3) is 0 Å². The summed E-state index contributed by atoms with van der Waals surface area (Å²) in [6, 6.07) is 0.0903. The highest BCUT2D eigenvalue weighted by Crippen LogP contribution is 2.37. The lowest BCUT2D eigenvalue weighted by Gasteiger charge is -2.23. The molecule has 0 aromatic heterocycles. The Morgan fingerprint density at radius 1 is 1.53 bits per heavy atom. The molecular weight excluding hydrogens is 283 g/mol. The molecule has 0 saturated carbocycles. The molecule has 0 aliphatic rings. The molecule has 0 fully saturated rings. The van der Waals surface area contributed by atoms with Gasteiger partial charge in [0.05, 0.1) is 11.6 Å². The Labute approximate surface area is 113 Å². The average molecular weight is 296 g/mol. The van der Waals surface area contributed by atoms with Gasteiger partial charge >= 0.3 is 11.9 Å². The second-order valence-corrected chi connectivity index (χ2v) is 4.29. The summed E-state index contributed by atoms with van der Waals surface area (Å²) in [5, 5.41) is -0.225. The smallest absolute Gasteiger partial charge is 0.379 e. The summed E-state index contributed by atoms with van der Waals surface area (Å²) in [7, 11) is 0. The van der Waals surface area contributed by atoms with Gasteiger partial charge in [-0.15, -0.1) is 0 Å². The molecule has 0 spiro atoms. The Morgan fingerprint density at radius 2 is 2.11 bits per heavy atom. The molecule has 7 heteroatoms. The van der Waals surface area contributed by atoms with Crippen LogP contribution in [-0.4, -0.2) is 18.5 Å². The summed E-state index contributed by atoms with van der Waals surface area (Å²) in [4.78, 5) is 11.2. The SMILES string of the molecule is CCOC(=O)C(F)(F)[C@@H](N)c1c(F)ccc(C)c1Cl. The van der Waals surface area contributed by atoms with Crippen molar-refractivity contribution in [3.8, 4) is 0 Å². The van der Waals surface area contributed by atoms with Gasteiger partial charge in [0.25, 0.3) is 0 Å². The largest absolute Gasteiger partial charge is 0.462 e. The van der Waals surface area contributed by atoms with Crippen molar-refractivity contribution in [3.05, 3.63) is 34.1 Å². The van der Waals surface area contributed by atoms with Gasteiger partial charge in [0.1, 0.15) is 11.9 Å². The highest BCUT2D eigenvalue weighted by Gasteiger charge is 2.49. The third kappa shape index (κ3) is 3.01. The maximum Gasteiger partial charge on any atom is 0.379 e. The Morgan fingerprint density at radius 3 is 2.63 bits per heavy atom. The second-order valence-electron chi connectivity index (χ2n) is 3.91. The Kier molecular flexibility index (Phi) is 4.81. The van der Waals surface area contributed by atoms with Crippen molar-refractivity contribution in [1.29, 1.82) is 0 Å². The molecule has 1 rings (SSSR count). The molecule has 0 aliphatic heterocycles. The first-order valence-electron chi connectivity index (χ1n) is 5.48. The molecule has 0 aliphatic carbocycles. The molecule has 19 heavy (non-hydrogen) atoms. The number of hydrogen-bond donors (Lipinski definition) is 1. The van der Waals surface area contributed by atoms with Gasteiger partial charge in [-0.1, -0.05) is 17.7 Å². The van der Waals surface area contributed by atoms with Crippen LogP contribution in [0.4, 0.5) is 13.2 Å². The highest BCUT2D eigenvalue weighted by atomic mass is 35.5. The summed E-state index contributed by atoms with van der Waals surface area (Å²) < 4.78 is 45.3. The molecule has 1 aromatic carbocycles. The lowest BCUT2D eigenvalue weighted by Crippen LogP contribution is -2.42. The van der Waals surface area contributed by atoms with Crippen LogP contribution in [0.3, 0.4) is 0 Å². The topological polar surface area (TPSA) is 52.3 Å². The molecule has 0 amide bonds. The standard InChI is InChI=1S/C12H13ClF3NO2/c1-3-19-11(18)12(15,16)10(17)8-7(14)5-4-6(2)9(8)13/h4-5,10H,3,17H2,1-2H3/t10-/m0/s1. The number of hydrogen-bond acceptors (Lipinski definition) is 3. The van der Waals surface area contributed by atoms with Crippen LogP contribution in [0.2, 0.25) is 5.02 Å². The molecule has 0 bridgehead atoms. The third-order valence-corrected chi connectivity index (χ3v) is 3.07. The lowest BCUT2D eigenvalue weighted by molar-refractivity contribution is -0.174. The predicted molar refractivity (Wildman–Crippen MR) is 64.7 cm³/mol. The van der Waals surface area contributed by atoms with Gasteiger partial charge in [0.15, 0.2) is 0 Å². The first kappa shape index (κ1) is 15.8. The van der Waals surface area contributed by atoms with E-state index in [1.54, 1.807) is 0 Å². The Hall–Kier alpha value is -1.27. The number of carbonyl (C=O) groups is 1. The van der Waals surface area contributed by atoms with E-state index < -0.39 is 29.3 Å². The first-order valence-corrected chi connectivity index (χ1v) is 5.86. The van der Waals surface area contributed by atoms with Crippen LogP contribution in [0.15, 0.2) is 12.1 Å². The summed E-state index contributed by atoms with van der Waals surface area (Å²) in [5.74, 6) is -6.86. The molecule has 2 N–H and O–H groups in total. The van der Waals surface area contributed by atoms with E-state index in [4.69, 9.17) is 17.3 Å². The molecule has 0 saturated heterocycles. The van der Waals surface area contributed by atoms with Crippen LogP contribution in [0.1, 0.15) is 24.1 Å². The first-order chi connectivity index (χ1) is 8.73. The molecular formula is C12H13ClF3NO2. The van der Waals surface area contributed by atoms with Crippen molar-refractivity contribution in [2.24, 2.45) is 5.73 Å². The van der Waals surface area contributed by atoms with Crippen molar-refractivity contribution < 1.29 is 22.7 Å². The second kappa shape index (κ2) is 5.79. The minimum Gasteiger partial charge on any atom is -0.462 e. The number of rotatable bonds is 4. The molecule has 0 radical (unpaired) electrons. The van der Waals surface area contributed by atoms with E-state index in [-0.39, 0.29) is 11.6 Å². The van der Waals surface area contributed by atoms with Gasteiger partial charge in [0.2, 0.25) is 0 Å². The molecule has 0 unspecified atom stereocenters. The van der Waals surface area contributed by atoms with Crippen LogP contribution in [0, 0.1) is 12.7 Å². The van der Waals surface area contributed by atoms with E-state index in [1.165, 1.54) is 19.9 Å². The van der Waals surface area contributed by atoms with Crippen LogP contribution in [-0.2, 0) is 9.53 Å². The quantitative estimate of drug-likeness (QED) is 0.869. The summed E-state index contributed by atoms with van der Waals surface area (Å²) in [6.07, 6.45) is 0. The highest BCUT2D eigenvalue weighted by molar-refractivity contribution is 6.32. The van der Waals surface area contributed by atoms with E-state index in [0.717, 1.165) is 6.07 Å². The van der Waals surface area contributed by atoms with Gasteiger partial charge in [-0.3, -0.25) is 0 Å². The molecule has 106 valence electrons. The maximum absolute atomic E-state index is 13.8. The van der Waals surface area contributed by atoms with E-state index in [2.05, 4.69) is 4.74 Å². The number of carbonyl (C=O) groups excluding carboxylic acids is 1. The average Bonchev–Trinajstić information content (AvgIpc) is 2.34. The van der Waals surface area contributed by atoms with Crippen LogP contribution < -0.4 is 5.73 Å². The summed E-state index contributed by atoms with van der Waals surface area (Å²) in [5.41, 5.74) is 5.08.